The smallest absolute Gasteiger partial charge is 0.307 e. The number of aromatic nitrogens is 2. The van der Waals surface area contributed by atoms with Crippen molar-refractivity contribution in [3.05, 3.63) is 94.5 Å². The molecule has 7 heteroatoms. The molecule has 3 aromatic carbocycles. The summed E-state index contributed by atoms with van der Waals surface area (Å²) in [5.41, 5.74) is 3.16. The van der Waals surface area contributed by atoms with E-state index in [9.17, 15) is 9.18 Å². The van der Waals surface area contributed by atoms with Crippen LogP contribution >= 0.6 is 11.6 Å². The second kappa shape index (κ2) is 8.55. The van der Waals surface area contributed by atoms with Crippen molar-refractivity contribution in [3.8, 4) is 5.75 Å². The van der Waals surface area contributed by atoms with Gasteiger partial charge in [-0.3, -0.25) is 4.79 Å². The molecular formula is C23H18ClFN2O3. The van der Waals surface area contributed by atoms with Crippen LogP contribution in [0.15, 0.2) is 66.7 Å². The van der Waals surface area contributed by atoms with Crippen LogP contribution < -0.4 is 4.74 Å². The predicted molar refractivity (Wildman–Crippen MR) is 112 cm³/mol. The highest BCUT2D eigenvalue weighted by Crippen LogP contribution is 2.24. The standard InChI is InChI=1S/C23H18ClFN2O3/c24-19-12-17(25)9-8-16(19)13-27-21-7-2-1-6-20(21)26-22(27)14-30-18-5-3-4-15(10-18)11-23(28)29/h1-10,12H,11,13-14H2,(H,28,29). The summed E-state index contributed by atoms with van der Waals surface area (Å²) in [5, 5.41) is 9.32. The molecule has 0 fully saturated rings. The Labute approximate surface area is 177 Å². The zero-order valence-corrected chi connectivity index (χ0v) is 16.6. The first-order valence-corrected chi connectivity index (χ1v) is 9.69. The number of hydrogen-bond acceptors (Lipinski definition) is 3. The fraction of sp³-hybridized carbons (Fsp3) is 0.130. The zero-order valence-electron chi connectivity index (χ0n) is 15.9. The van der Waals surface area contributed by atoms with E-state index in [0.29, 0.717) is 28.7 Å². The molecule has 0 aliphatic rings. The molecule has 0 amide bonds. The molecule has 0 saturated carbocycles. The third kappa shape index (κ3) is 4.44. The van der Waals surface area contributed by atoms with Crippen molar-refractivity contribution in [2.24, 2.45) is 0 Å². The third-order valence-corrected chi connectivity index (χ3v) is 5.05. The number of carboxylic acid groups (broad SMARTS) is 1. The molecular weight excluding hydrogens is 407 g/mol. The van der Waals surface area contributed by atoms with Crippen molar-refractivity contribution < 1.29 is 19.0 Å². The average molecular weight is 425 g/mol. The minimum absolute atomic E-state index is 0.0707. The van der Waals surface area contributed by atoms with Crippen molar-refractivity contribution in [1.82, 2.24) is 9.55 Å². The van der Waals surface area contributed by atoms with Crippen LogP contribution in [0.25, 0.3) is 11.0 Å². The summed E-state index contributed by atoms with van der Waals surface area (Å²) in [6.45, 7) is 0.599. The number of aliphatic carboxylic acids is 1. The fourth-order valence-corrected chi connectivity index (χ4v) is 3.53. The van der Waals surface area contributed by atoms with E-state index in [4.69, 9.17) is 21.4 Å². The summed E-state index contributed by atoms with van der Waals surface area (Å²) in [7, 11) is 0. The first kappa shape index (κ1) is 19.9. The molecule has 1 aromatic heterocycles. The lowest BCUT2D eigenvalue weighted by molar-refractivity contribution is -0.136. The van der Waals surface area contributed by atoms with Crippen molar-refractivity contribution >= 4 is 28.6 Å². The summed E-state index contributed by atoms with van der Waals surface area (Å²) in [5.74, 6) is -0.0402. The molecule has 5 nitrogen and oxygen atoms in total. The number of ether oxygens (including phenoxy) is 1. The molecule has 4 rings (SSSR count). The van der Waals surface area contributed by atoms with E-state index in [1.165, 1.54) is 12.1 Å². The summed E-state index contributed by atoms with van der Waals surface area (Å²) in [4.78, 5) is 15.6. The molecule has 1 heterocycles. The van der Waals surface area contributed by atoms with Crippen LogP contribution in [0, 0.1) is 5.82 Å². The lowest BCUT2D eigenvalue weighted by Crippen LogP contribution is -2.09. The van der Waals surface area contributed by atoms with Crippen molar-refractivity contribution in [2.75, 3.05) is 0 Å². The Hall–Kier alpha value is -3.38. The molecule has 0 aliphatic heterocycles. The molecule has 152 valence electrons. The summed E-state index contributed by atoms with van der Waals surface area (Å²) < 4.78 is 21.3. The summed E-state index contributed by atoms with van der Waals surface area (Å²) in [6.07, 6.45) is -0.0707. The Bertz CT molecular complexity index is 1220. The molecule has 0 saturated heterocycles. The number of carbonyl (C=O) groups is 1. The number of benzene rings is 3. The number of nitrogens with zero attached hydrogens (tertiary/aromatic N) is 2. The lowest BCUT2D eigenvalue weighted by atomic mass is 10.1. The van der Waals surface area contributed by atoms with Gasteiger partial charge in [0.1, 0.15) is 24.0 Å². The molecule has 0 radical (unpaired) electrons. The topological polar surface area (TPSA) is 64.3 Å². The van der Waals surface area contributed by atoms with E-state index in [-0.39, 0.29) is 18.8 Å². The van der Waals surface area contributed by atoms with Gasteiger partial charge in [0.25, 0.3) is 0 Å². The van der Waals surface area contributed by atoms with Gasteiger partial charge in [-0.15, -0.1) is 0 Å². The Morgan fingerprint density at radius 3 is 2.73 bits per heavy atom. The van der Waals surface area contributed by atoms with E-state index >= 15 is 0 Å². The van der Waals surface area contributed by atoms with Crippen molar-refractivity contribution in [3.63, 3.8) is 0 Å². The number of rotatable bonds is 7. The molecule has 0 bridgehead atoms. The first-order valence-electron chi connectivity index (χ1n) is 9.31. The van der Waals surface area contributed by atoms with Crippen LogP contribution in [0.1, 0.15) is 17.0 Å². The van der Waals surface area contributed by atoms with Crippen LogP contribution in [0.3, 0.4) is 0 Å². The first-order chi connectivity index (χ1) is 14.5. The van der Waals surface area contributed by atoms with Gasteiger partial charge in [-0.2, -0.15) is 0 Å². The van der Waals surface area contributed by atoms with Gasteiger partial charge in [-0.25, -0.2) is 9.37 Å². The van der Waals surface area contributed by atoms with Crippen LogP contribution in [0.4, 0.5) is 4.39 Å². The van der Waals surface area contributed by atoms with Gasteiger partial charge in [0.15, 0.2) is 0 Å². The number of halogens is 2. The zero-order chi connectivity index (χ0) is 21.1. The largest absolute Gasteiger partial charge is 0.486 e. The second-order valence-corrected chi connectivity index (χ2v) is 7.25. The van der Waals surface area contributed by atoms with Crippen LogP contribution in [0.5, 0.6) is 5.75 Å². The predicted octanol–water partition coefficient (Wildman–Crippen LogP) is 5.08. The quantitative estimate of drug-likeness (QED) is 0.449. The Kier molecular flexibility index (Phi) is 5.68. The number of fused-ring (bicyclic) bond motifs is 1. The van der Waals surface area contributed by atoms with E-state index < -0.39 is 5.97 Å². The van der Waals surface area contributed by atoms with E-state index in [1.807, 2.05) is 28.8 Å². The number of hydrogen-bond donors (Lipinski definition) is 1. The van der Waals surface area contributed by atoms with Gasteiger partial charge in [-0.1, -0.05) is 41.9 Å². The molecule has 0 atom stereocenters. The number of para-hydroxylation sites is 2. The molecule has 0 unspecified atom stereocenters. The number of carboxylic acids is 1. The SMILES string of the molecule is O=C(O)Cc1cccc(OCc2nc3ccccc3n2Cc2ccc(F)cc2Cl)c1. The highest BCUT2D eigenvalue weighted by Gasteiger charge is 2.14. The van der Waals surface area contributed by atoms with Gasteiger partial charge in [-0.05, 0) is 47.5 Å². The highest BCUT2D eigenvalue weighted by atomic mass is 35.5. The Morgan fingerprint density at radius 2 is 1.93 bits per heavy atom. The van der Waals surface area contributed by atoms with Crippen molar-refractivity contribution in [2.45, 2.75) is 19.6 Å². The Balaban J connectivity index is 1.62. The van der Waals surface area contributed by atoms with Gasteiger partial charge < -0.3 is 14.4 Å². The van der Waals surface area contributed by atoms with Crippen LogP contribution in [-0.4, -0.2) is 20.6 Å². The summed E-state index contributed by atoms with van der Waals surface area (Å²) in [6, 6.07) is 19.0. The summed E-state index contributed by atoms with van der Waals surface area (Å²) >= 11 is 6.23. The second-order valence-electron chi connectivity index (χ2n) is 6.85. The maximum atomic E-state index is 13.4. The average Bonchev–Trinajstić information content (AvgIpc) is 3.06. The van der Waals surface area contributed by atoms with E-state index in [2.05, 4.69) is 4.98 Å². The van der Waals surface area contributed by atoms with E-state index in [1.54, 1.807) is 30.3 Å². The fourth-order valence-electron chi connectivity index (χ4n) is 3.30. The third-order valence-electron chi connectivity index (χ3n) is 4.70. The van der Waals surface area contributed by atoms with Crippen LogP contribution in [-0.2, 0) is 24.4 Å². The molecule has 0 aliphatic carbocycles. The maximum absolute atomic E-state index is 13.4. The molecule has 4 aromatic rings. The van der Waals surface area contributed by atoms with Gasteiger partial charge in [0, 0.05) is 5.02 Å². The molecule has 0 spiro atoms. The van der Waals surface area contributed by atoms with Gasteiger partial charge >= 0.3 is 5.97 Å². The molecule has 1 N–H and O–H groups in total. The minimum atomic E-state index is -0.898. The highest BCUT2D eigenvalue weighted by molar-refractivity contribution is 6.31. The number of imidazole rings is 1. The normalized spacial score (nSPS) is 11.0. The lowest BCUT2D eigenvalue weighted by Gasteiger charge is -2.12. The van der Waals surface area contributed by atoms with Crippen molar-refractivity contribution in [1.29, 1.82) is 0 Å². The van der Waals surface area contributed by atoms with Gasteiger partial charge in [0.2, 0.25) is 0 Å². The molecule has 30 heavy (non-hydrogen) atoms. The minimum Gasteiger partial charge on any atom is -0.486 e. The van der Waals surface area contributed by atoms with E-state index in [0.717, 1.165) is 16.6 Å². The maximum Gasteiger partial charge on any atom is 0.307 e. The monoisotopic (exact) mass is 424 g/mol. The Morgan fingerprint density at radius 1 is 1.10 bits per heavy atom. The van der Waals surface area contributed by atoms with Gasteiger partial charge in [0.05, 0.1) is 24.0 Å². The van der Waals surface area contributed by atoms with Crippen LogP contribution in [0.2, 0.25) is 5.02 Å².